The summed E-state index contributed by atoms with van der Waals surface area (Å²) in [7, 11) is 0. The van der Waals surface area contributed by atoms with E-state index in [1.807, 2.05) is 135 Å². The molecule has 7 heteroatoms. The molecule has 0 heterocycles. The van der Waals surface area contributed by atoms with E-state index < -0.39 is 12.2 Å². The maximum atomic E-state index is 13.1. The Bertz CT molecular complexity index is 2380. The molecule has 54 heavy (non-hydrogen) atoms. The van der Waals surface area contributed by atoms with Gasteiger partial charge in [0, 0.05) is 18.5 Å². The summed E-state index contributed by atoms with van der Waals surface area (Å²) in [6.45, 7) is 4.82. The van der Waals surface area contributed by atoms with Crippen molar-refractivity contribution in [1.29, 1.82) is 0 Å². The number of ether oxygens (including phenoxy) is 3. The van der Waals surface area contributed by atoms with E-state index in [1.54, 1.807) is 12.1 Å². The van der Waals surface area contributed by atoms with Crippen molar-refractivity contribution in [2.75, 3.05) is 6.61 Å². The van der Waals surface area contributed by atoms with Gasteiger partial charge in [0.25, 0.3) is 0 Å². The minimum atomic E-state index is -0.594. The fraction of sp³-hybridized carbons (Fsp3) is 0.106. The Morgan fingerprint density at radius 1 is 0.500 bits per heavy atom. The van der Waals surface area contributed by atoms with Crippen molar-refractivity contribution >= 4 is 23.0 Å². The summed E-state index contributed by atoms with van der Waals surface area (Å²) in [5.41, 5.74) is 8.87. The van der Waals surface area contributed by atoms with E-state index >= 15 is 0 Å². The summed E-state index contributed by atoms with van der Waals surface area (Å²) < 4.78 is 17.5. The number of benzene rings is 7. The van der Waals surface area contributed by atoms with Crippen LogP contribution in [0.4, 0.5) is 9.59 Å². The molecule has 0 unspecified atom stereocenters. The van der Waals surface area contributed by atoms with E-state index in [-0.39, 0.29) is 0 Å². The lowest BCUT2D eigenvalue weighted by atomic mass is 9.99. The zero-order chi connectivity index (χ0) is 37.3. The van der Waals surface area contributed by atoms with Crippen LogP contribution in [0, 0.1) is 6.92 Å². The van der Waals surface area contributed by atoms with Crippen molar-refractivity contribution in [3.63, 3.8) is 0 Å². The van der Waals surface area contributed by atoms with Gasteiger partial charge in [-0.1, -0.05) is 140 Å². The summed E-state index contributed by atoms with van der Waals surface area (Å²) in [6, 6.07) is 51.8. The number of nitrogens with one attached hydrogen (secondary N) is 2. The number of carbonyl (C=O) groups excluding carboxylic acids is 2. The summed E-state index contributed by atoms with van der Waals surface area (Å²) in [5, 5.41) is 7.44. The Hall–Kier alpha value is -6.86. The third-order valence-corrected chi connectivity index (χ3v) is 9.14. The minimum absolute atomic E-state index is 0.295. The molecule has 0 saturated heterocycles. The van der Waals surface area contributed by atoms with Crippen molar-refractivity contribution in [2.24, 2.45) is 0 Å². The molecule has 268 valence electrons. The number of hydrogen-bond acceptors (Lipinski definition) is 5. The molecule has 2 N–H and O–H groups in total. The number of fused-ring (bicyclic) bond motifs is 1. The van der Waals surface area contributed by atoms with Gasteiger partial charge in [-0.3, -0.25) is 0 Å². The third kappa shape index (κ3) is 8.60. The fourth-order valence-electron chi connectivity index (χ4n) is 6.26. The number of hydrogen-bond donors (Lipinski definition) is 2. The zero-order valence-electron chi connectivity index (χ0n) is 30.2. The highest BCUT2D eigenvalue weighted by atomic mass is 16.6. The molecule has 0 spiro atoms. The third-order valence-electron chi connectivity index (χ3n) is 9.14. The lowest BCUT2D eigenvalue weighted by Gasteiger charge is -2.15. The van der Waals surface area contributed by atoms with Crippen molar-refractivity contribution < 1.29 is 23.8 Å². The predicted octanol–water partition coefficient (Wildman–Crippen LogP) is 11.1. The number of aryl methyl sites for hydroxylation is 1. The highest BCUT2D eigenvalue weighted by Gasteiger charge is 2.16. The van der Waals surface area contributed by atoms with Crippen molar-refractivity contribution in [1.82, 2.24) is 10.6 Å². The summed E-state index contributed by atoms with van der Waals surface area (Å²) in [5.74, 6) is 1.23. The molecule has 0 saturated carbocycles. The first-order valence-electron chi connectivity index (χ1n) is 17.9. The van der Waals surface area contributed by atoms with Crippen LogP contribution < -0.4 is 24.8 Å². The molecule has 0 aliphatic heterocycles. The van der Waals surface area contributed by atoms with Crippen molar-refractivity contribution in [2.45, 2.75) is 26.9 Å². The van der Waals surface area contributed by atoms with Crippen molar-refractivity contribution in [3.05, 3.63) is 174 Å². The molecule has 0 radical (unpaired) electrons. The zero-order valence-corrected chi connectivity index (χ0v) is 30.2. The van der Waals surface area contributed by atoms with Gasteiger partial charge in [0.2, 0.25) is 0 Å². The second-order valence-corrected chi connectivity index (χ2v) is 12.9. The van der Waals surface area contributed by atoms with Gasteiger partial charge in [-0.2, -0.15) is 0 Å². The molecule has 7 nitrogen and oxygen atoms in total. The molecule has 2 amide bonds. The first-order chi connectivity index (χ1) is 26.4. The molecular formula is C47H40N2O5. The van der Waals surface area contributed by atoms with Crippen LogP contribution in [0.3, 0.4) is 0 Å². The number of carbonyl (C=O) groups is 2. The SMILES string of the molecule is CCOc1ccc(-c2ccc3ccc(C)c(OC(=O)NCc4ccc(-c5ccccc5)cc4)c3c2)cc1OC(=O)NCc1ccc(-c2ccccc2)cc1. The smallest absolute Gasteiger partial charge is 0.413 e. The van der Waals surface area contributed by atoms with Crippen molar-refractivity contribution in [3.8, 4) is 50.6 Å². The maximum absolute atomic E-state index is 13.1. The molecular weight excluding hydrogens is 673 g/mol. The van der Waals surface area contributed by atoms with Crippen LogP contribution in [0.1, 0.15) is 23.6 Å². The average Bonchev–Trinajstić information content (AvgIpc) is 3.22. The van der Waals surface area contributed by atoms with Gasteiger partial charge in [0.1, 0.15) is 5.75 Å². The average molecular weight is 713 g/mol. The van der Waals surface area contributed by atoms with Crippen LogP contribution in [-0.2, 0) is 13.1 Å². The summed E-state index contributed by atoms with van der Waals surface area (Å²) in [4.78, 5) is 26.1. The molecule has 0 fully saturated rings. The van der Waals surface area contributed by atoms with Crippen LogP contribution >= 0.6 is 0 Å². The monoisotopic (exact) mass is 712 g/mol. The molecule has 0 aromatic heterocycles. The maximum Gasteiger partial charge on any atom is 0.413 e. The van der Waals surface area contributed by atoms with Crippen LogP contribution in [-0.4, -0.2) is 18.8 Å². The Morgan fingerprint density at radius 3 is 1.56 bits per heavy atom. The molecule has 0 aliphatic carbocycles. The predicted molar refractivity (Wildman–Crippen MR) is 215 cm³/mol. The minimum Gasteiger partial charge on any atom is -0.490 e. The van der Waals surface area contributed by atoms with Crippen LogP contribution in [0.5, 0.6) is 17.2 Å². The quantitative estimate of drug-likeness (QED) is 0.139. The van der Waals surface area contributed by atoms with E-state index in [0.717, 1.165) is 60.8 Å². The number of rotatable bonds is 11. The topological polar surface area (TPSA) is 85.9 Å². The molecule has 0 bridgehead atoms. The van der Waals surface area contributed by atoms with E-state index in [4.69, 9.17) is 14.2 Å². The Balaban J connectivity index is 1.04. The standard InChI is InChI=1S/C47H40N2O5/c1-3-52-43-27-26-41(29-44(43)53-46(50)48-30-33-15-20-37(21-16-33)35-10-6-4-7-11-35)40-25-24-39-19-14-32(2)45(42(39)28-40)54-47(51)49-31-34-17-22-38(23-18-34)36-12-8-5-9-13-36/h4-29H,3,30-31H2,1-2H3,(H,48,50)(H,49,51). The van der Waals surface area contributed by atoms with Gasteiger partial charge in [-0.15, -0.1) is 0 Å². The van der Waals surface area contributed by atoms with Gasteiger partial charge in [-0.25, -0.2) is 9.59 Å². The summed E-state index contributed by atoms with van der Waals surface area (Å²) in [6.07, 6.45) is -1.14. The highest BCUT2D eigenvalue weighted by Crippen LogP contribution is 2.37. The fourth-order valence-corrected chi connectivity index (χ4v) is 6.26. The molecule has 7 aromatic rings. The van der Waals surface area contributed by atoms with Crippen LogP contribution in [0.25, 0.3) is 44.2 Å². The second kappa shape index (κ2) is 16.7. The number of amides is 2. The van der Waals surface area contributed by atoms with Crippen LogP contribution in [0.2, 0.25) is 0 Å². The first kappa shape index (κ1) is 35.5. The van der Waals surface area contributed by atoms with Gasteiger partial charge < -0.3 is 24.8 Å². The van der Waals surface area contributed by atoms with E-state index in [0.29, 0.717) is 36.9 Å². The molecule has 0 atom stereocenters. The van der Waals surface area contributed by atoms with Gasteiger partial charge in [-0.05, 0) is 87.5 Å². The van der Waals surface area contributed by atoms with Gasteiger partial charge in [0.05, 0.1) is 6.61 Å². The second-order valence-electron chi connectivity index (χ2n) is 12.9. The highest BCUT2D eigenvalue weighted by molar-refractivity contribution is 5.95. The largest absolute Gasteiger partial charge is 0.490 e. The lowest BCUT2D eigenvalue weighted by Crippen LogP contribution is -2.26. The summed E-state index contributed by atoms with van der Waals surface area (Å²) >= 11 is 0. The Kier molecular flexibility index (Phi) is 11.0. The normalized spacial score (nSPS) is 10.8. The van der Waals surface area contributed by atoms with E-state index in [9.17, 15) is 9.59 Å². The van der Waals surface area contributed by atoms with Gasteiger partial charge in [0.15, 0.2) is 11.5 Å². The molecule has 7 rings (SSSR count). The Labute approximate surface area is 315 Å². The molecule has 7 aromatic carbocycles. The molecule has 0 aliphatic rings. The van der Waals surface area contributed by atoms with Crippen LogP contribution in [0.15, 0.2) is 158 Å². The lowest BCUT2D eigenvalue weighted by molar-refractivity contribution is 0.196. The first-order valence-corrected chi connectivity index (χ1v) is 17.9. The van der Waals surface area contributed by atoms with Gasteiger partial charge >= 0.3 is 12.2 Å². The van der Waals surface area contributed by atoms with E-state index in [2.05, 4.69) is 34.9 Å². The Morgan fingerprint density at radius 2 is 0.981 bits per heavy atom. The van der Waals surface area contributed by atoms with E-state index in [1.165, 1.54) is 0 Å².